The zero-order valence-corrected chi connectivity index (χ0v) is 16.9. The normalized spacial score (nSPS) is 13.9. The highest BCUT2D eigenvalue weighted by atomic mass is 32.2. The van der Waals surface area contributed by atoms with Crippen LogP contribution in [0.1, 0.15) is 51.8 Å². The number of benzene rings is 1. The molecule has 7 heteroatoms. The molecule has 0 bridgehead atoms. The highest BCUT2D eigenvalue weighted by molar-refractivity contribution is 7.99. The Labute approximate surface area is 163 Å². The van der Waals surface area contributed by atoms with Gasteiger partial charge in [0.25, 0.3) is 0 Å². The SMILES string of the molecule is Cc1ccc(C)c(-n2nnnc2SCC(=O)c2cc(C)n(C3CC3)c2C)c1. The second-order valence-corrected chi connectivity index (χ2v) is 8.20. The van der Waals surface area contributed by atoms with Crippen molar-refractivity contribution < 1.29 is 4.79 Å². The van der Waals surface area contributed by atoms with Crippen LogP contribution in [0.4, 0.5) is 0 Å². The summed E-state index contributed by atoms with van der Waals surface area (Å²) in [5, 5.41) is 12.7. The minimum Gasteiger partial charge on any atom is -0.345 e. The van der Waals surface area contributed by atoms with Crippen molar-refractivity contribution in [3.05, 3.63) is 52.3 Å². The van der Waals surface area contributed by atoms with E-state index in [4.69, 9.17) is 0 Å². The average Bonchev–Trinajstić information content (AvgIpc) is 3.27. The highest BCUT2D eigenvalue weighted by Crippen LogP contribution is 2.38. The second kappa shape index (κ2) is 6.96. The molecule has 0 amide bonds. The Balaban J connectivity index is 1.53. The molecular formula is C20H23N5OS. The number of carbonyl (C=O) groups is 1. The van der Waals surface area contributed by atoms with Crippen molar-refractivity contribution >= 4 is 17.5 Å². The van der Waals surface area contributed by atoms with E-state index in [0.29, 0.717) is 17.0 Å². The van der Waals surface area contributed by atoms with Gasteiger partial charge in [0.15, 0.2) is 5.78 Å². The third kappa shape index (κ3) is 3.43. The van der Waals surface area contributed by atoms with Crippen LogP contribution in [0.3, 0.4) is 0 Å². The lowest BCUT2D eigenvalue weighted by Crippen LogP contribution is -2.07. The lowest BCUT2D eigenvalue weighted by Gasteiger charge is -2.09. The number of aryl methyl sites for hydroxylation is 3. The molecule has 0 unspecified atom stereocenters. The van der Waals surface area contributed by atoms with Crippen LogP contribution >= 0.6 is 11.8 Å². The molecule has 1 saturated carbocycles. The van der Waals surface area contributed by atoms with Gasteiger partial charge in [0.05, 0.1) is 11.4 Å². The number of carbonyl (C=O) groups excluding carboxylic acids is 1. The summed E-state index contributed by atoms with van der Waals surface area (Å²) in [6, 6.07) is 8.77. The summed E-state index contributed by atoms with van der Waals surface area (Å²) < 4.78 is 4.02. The van der Waals surface area contributed by atoms with E-state index in [9.17, 15) is 4.79 Å². The van der Waals surface area contributed by atoms with E-state index in [1.165, 1.54) is 30.3 Å². The number of tetrazole rings is 1. The topological polar surface area (TPSA) is 65.6 Å². The average molecular weight is 382 g/mol. The van der Waals surface area contributed by atoms with E-state index >= 15 is 0 Å². The van der Waals surface area contributed by atoms with Gasteiger partial charge in [-0.3, -0.25) is 4.79 Å². The van der Waals surface area contributed by atoms with Crippen LogP contribution in [0, 0.1) is 27.7 Å². The van der Waals surface area contributed by atoms with Gasteiger partial charge >= 0.3 is 0 Å². The molecule has 0 spiro atoms. The zero-order valence-electron chi connectivity index (χ0n) is 16.1. The van der Waals surface area contributed by atoms with Gasteiger partial charge in [0, 0.05) is 23.0 Å². The van der Waals surface area contributed by atoms with Crippen LogP contribution in [0.2, 0.25) is 0 Å². The van der Waals surface area contributed by atoms with Crippen molar-refractivity contribution in [3.63, 3.8) is 0 Å². The molecule has 2 aromatic heterocycles. The summed E-state index contributed by atoms with van der Waals surface area (Å²) in [6.07, 6.45) is 2.42. The summed E-state index contributed by atoms with van der Waals surface area (Å²) >= 11 is 1.38. The van der Waals surface area contributed by atoms with Gasteiger partial charge in [-0.2, -0.15) is 4.68 Å². The van der Waals surface area contributed by atoms with Gasteiger partial charge in [-0.15, -0.1) is 5.10 Å². The Kier molecular flexibility index (Phi) is 4.63. The van der Waals surface area contributed by atoms with Crippen molar-refractivity contribution in [2.45, 2.75) is 51.7 Å². The first kappa shape index (κ1) is 18.0. The van der Waals surface area contributed by atoms with Crippen molar-refractivity contribution in [1.82, 2.24) is 24.8 Å². The molecule has 1 aromatic carbocycles. The Hall–Kier alpha value is -2.41. The maximum Gasteiger partial charge on any atom is 0.214 e. The lowest BCUT2D eigenvalue weighted by molar-refractivity contribution is 0.102. The minimum absolute atomic E-state index is 0.121. The van der Waals surface area contributed by atoms with E-state index in [1.54, 1.807) is 4.68 Å². The molecule has 140 valence electrons. The number of aromatic nitrogens is 5. The molecule has 0 radical (unpaired) electrons. The molecule has 27 heavy (non-hydrogen) atoms. The molecule has 2 heterocycles. The number of ketones is 1. The molecule has 3 aromatic rings. The molecule has 0 N–H and O–H groups in total. The monoisotopic (exact) mass is 381 g/mol. The maximum atomic E-state index is 12.8. The number of rotatable bonds is 6. The second-order valence-electron chi connectivity index (χ2n) is 7.26. The van der Waals surface area contributed by atoms with Gasteiger partial charge < -0.3 is 4.57 Å². The van der Waals surface area contributed by atoms with Crippen molar-refractivity contribution in [1.29, 1.82) is 0 Å². The Bertz CT molecular complexity index is 1020. The Morgan fingerprint density at radius 2 is 1.96 bits per heavy atom. The van der Waals surface area contributed by atoms with Crippen LogP contribution in [0.5, 0.6) is 0 Å². The minimum atomic E-state index is 0.121. The van der Waals surface area contributed by atoms with Crippen molar-refractivity contribution in [2.75, 3.05) is 5.75 Å². The van der Waals surface area contributed by atoms with E-state index < -0.39 is 0 Å². The molecule has 0 aliphatic heterocycles. The quantitative estimate of drug-likeness (QED) is 0.477. The number of nitrogens with zero attached hydrogens (tertiary/aromatic N) is 5. The third-order valence-electron chi connectivity index (χ3n) is 5.06. The number of Topliss-reactive ketones (excluding diaryl/α,β-unsaturated/α-hetero) is 1. The van der Waals surface area contributed by atoms with E-state index in [-0.39, 0.29) is 5.78 Å². The number of thioether (sulfide) groups is 1. The molecular weight excluding hydrogens is 358 g/mol. The van der Waals surface area contributed by atoms with Crippen LogP contribution in [0.25, 0.3) is 5.69 Å². The van der Waals surface area contributed by atoms with Crippen LogP contribution in [-0.4, -0.2) is 36.3 Å². The molecule has 0 saturated heterocycles. The van der Waals surface area contributed by atoms with Gasteiger partial charge in [-0.05, 0) is 74.2 Å². The van der Waals surface area contributed by atoms with E-state index in [2.05, 4.69) is 45.2 Å². The summed E-state index contributed by atoms with van der Waals surface area (Å²) in [5.74, 6) is 0.440. The Morgan fingerprint density at radius 1 is 1.19 bits per heavy atom. The number of hydrogen-bond acceptors (Lipinski definition) is 5. The summed E-state index contributed by atoms with van der Waals surface area (Å²) in [6.45, 7) is 8.20. The van der Waals surface area contributed by atoms with Gasteiger partial charge in [-0.1, -0.05) is 23.9 Å². The molecule has 1 aliphatic rings. The van der Waals surface area contributed by atoms with Crippen molar-refractivity contribution in [2.24, 2.45) is 0 Å². The fourth-order valence-electron chi connectivity index (χ4n) is 3.53. The Morgan fingerprint density at radius 3 is 2.70 bits per heavy atom. The summed E-state index contributed by atoms with van der Waals surface area (Å²) in [7, 11) is 0. The standard InChI is InChI=1S/C20H23N5OS/c1-12-5-6-13(2)18(9-12)25-20(21-22-23-25)27-11-19(26)17-10-14(3)24(15(17)4)16-7-8-16/h5-6,9-10,16H,7-8,11H2,1-4H3. The van der Waals surface area contributed by atoms with E-state index in [1.807, 2.05) is 26.8 Å². The molecule has 4 rings (SSSR count). The third-order valence-corrected chi connectivity index (χ3v) is 5.98. The van der Waals surface area contributed by atoms with Crippen LogP contribution in [0.15, 0.2) is 29.4 Å². The maximum absolute atomic E-state index is 12.8. The largest absolute Gasteiger partial charge is 0.345 e. The molecule has 1 fully saturated rings. The predicted molar refractivity (Wildman–Crippen MR) is 106 cm³/mol. The fraction of sp³-hybridized carbons (Fsp3) is 0.400. The van der Waals surface area contributed by atoms with Crippen LogP contribution in [-0.2, 0) is 0 Å². The van der Waals surface area contributed by atoms with Gasteiger partial charge in [-0.25, -0.2) is 0 Å². The number of hydrogen-bond donors (Lipinski definition) is 0. The molecule has 1 aliphatic carbocycles. The predicted octanol–water partition coefficient (Wildman–Crippen LogP) is 4.01. The van der Waals surface area contributed by atoms with Gasteiger partial charge in [0.2, 0.25) is 5.16 Å². The highest BCUT2D eigenvalue weighted by Gasteiger charge is 2.28. The summed E-state index contributed by atoms with van der Waals surface area (Å²) in [5.41, 5.74) is 6.25. The van der Waals surface area contributed by atoms with Crippen molar-refractivity contribution in [3.8, 4) is 5.69 Å². The van der Waals surface area contributed by atoms with Crippen LogP contribution < -0.4 is 0 Å². The van der Waals surface area contributed by atoms with Gasteiger partial charge in [0.1, 0.15) is 0 Å². The zero-order chi connectivity index (χ0) is 19.1. The smallest absolute Gasteiger partial charge is 0.214 e. The van der Waals surface area contributed by atoms with E-state index in [0.717, 1.165) is 28.1 Å². The molecule has 0 atom stereocenters. The first-order valence-corrected chi connectivity index (χ1v) is 10.1. The first-order valence-electron chi connectivity index (χ1n) is 9.16. The fourth-order valence-corrected chi connectivity index (χ4v) is 4.30. The lowest BCUT2D eigenvalue weighted by atomic mass is 10.1. The summed E-state index contributed by atoms with van der Waals surface area (Å²) in [4.78, 5) is 12.8. The molecule has 6 nitrogen and oxygen atoms in total. The first-order chi connectivity index (χ1) is 13.0.